The molecule has 1 atom stereocenters. The van der Waals surface area contributed by atoms with E-state index in [1.807, 2.05) is 7.11 Å². The smallest absolute Gasteiger partial charge is 0.0623 e. The average Bonchev–Trinajstić information content (AvgIpc) is 3.33. The fourth-order valence-corrected chi connectivity index (χ4v) is 2.90. The summed E-state index contributed by atoms with van der Waals surface area (Å²) in [5.41, 5.74) is 1.64. The zero-order chi connectivity index (χ0) is 15.3. The van der Waals surface area contributed by atoms with Crippen LogP contribution in [0.2, 0.25) is 0 Å². The number of hydrogen-bond donors (Lipinski definition) is 1. The lowest BCUT2D eigenvalue weighted by Crippen LogP contribution is -2.40. The van der Waals surface area contributed by atoms with E-state index in [0.717, 1.165) is 31.8 Å². The van der Waals surface area contributed by atoms with Crippen LogP contribution in [0.25, 0.3) is 0 Å². The van der Waals surface area contributed by atoms with Gasteiger partial charge in [0.1, 0.15) is 0 Å². The lowest BCUT2D eigenvalue weighted by molar-refractivity contribution is 0.00819. The van der Waals surface area contributed by atoms with E-state index in [2.05, 4.69) is 56.4 Å². The third-order valence-corrected chi connectivity index (χ3v) is 5.13. The van der Waals surface area contributed by atoms with Gasteiger partial charge in [0.15, 0.2) is 0 Å². The van der Waals surface area contributed by atoms with E-state index >= 15 is 0 Å². The molecule has 1 aliphatic rings. The van der Waals surface area contributed by atoms with E-state index in [1.165, 1.54) is 18.4 Å². The first kappa shape index (κ1) is 16.5. The highest BCUT2D eigenvalue weighted by atomic mass is 16.5. The van der Waals surface area contributed by atoms with E-state index in [1.54, 1.807) is 0 Å². The number of benzene rings is 1. The van der Waals surface area contributed by atoms with Crippen LogP contribution >= 0.6 is 0 Å². The molecule has 0 aromatic heterocycles. The van der Waals surface area contributed by atoms with E-state index in [0.29, 0.717) is 0 Å². The molecular weight excluding hydrogens is 258 g/mol. The molecule has 1 aliphatic carbocycles. The Kier molecular flexibility index (Phi) is 5.45. The molecule has 1 N–H and O–H groups in total. The van der Waals surface area contributed by atoms with Gasteiger partial charge in [-0.25, -0.2) is 0 Å². The van der Waals surface area contributed by atoms with Gasteiger partial charge in [0.2, 0.25) is 0 Å². The predicted molar refractivity (Wildman–Crippen MR) is 89.8 cm³/mol. The molecule has 2 rings (SSSR count). The van der Waals surface area contributed by atoms with Crippen LogP contribution in [-0.4, -0.2) is 25.3 Å². The molecule has 1 unspecified atom stereocenters. The molecular formula is C19H31NO. The fraction of sp³-hybridized carbons (Fsp3) is 0.684. The Morgan fingerprint density at radius 1 is 1.14 bits per heavy atom. The largest absolute Gasteiger partial charge is 0.379 e. The summed E-state index contributed by atoms with van der Waals surface area (Å²) in [5, 5.41) is 3.76. The van der Waals surface area contributed by atoms with Gasteiger partial charge in [-0.05, 0) is 51.5 Å². The van der Waals surface area contributed by atoms with Gasteiger partial charge >= 0.3 is 0 Å². The van der Waals surface area contributed by atoms with Crippen LogP contribution in [-0.2, 0) is 10.2 Å². The van der Waals surface area contributed by atoms with Gasteiger partial charge in [-0.1, -0.05) is 37.3 Å². The van der Waals surface area contributed by atoms with Crippen LogP contribution in [0.5, 0.6) is 0 Å². The predicted octanol–water partition coefficient (Wildman–Crippen LogP) is 4.29. The van der Waals surface area contributed by atoms with E-state index in [9.17, 15) is 0 Å². The third-order valence-electron chi connectivity index (χ3n) is 5.13. The van der Waals surface area contributed by atoms with E-state index in [-0.39, 0.29) is 11.0 Å². The van der Waals surface area contributed by atoms with Crippen LogP contribution in [0.4, 0.5) is 0 Å². The number of rotatable bonds is 9. The molecule has 2 nitrogen and oxygen atoms in total. The molecule has 1 aromatic rings. The lowest BCUT2D eigenvalue weighted by Gasteiger charge is -2.37. The Morgan fingerprint density at radius 2 is 1.81 bits per heavy atom. The standard InChI is InChI=1S/C19H31NO/c1-5-19(15-20-17-11-12-17,14-13-18(2,3)21-4)16-9-7-6-8-10-16/h6-10,17,20H,5,11-15H2,1-4H3. The van der Waals surface area contributed by atoms with Crippen LogP contribution in [0.1, 0.15) is 58.4 Å². The Labute approximate surface area is 130 Å². The van der Waals surface area contributed by atoms with Crippen molar-refractivity contribution in [3.05, 3.63) is 35.9 Å². The molecule has 0 radical (unpaired) electrons. The van der Waals surface area contributed by atoms with Crippen LogP contribution in [0, 0.1) is 0 Å². The summed E-state index contributed by atoms with van der Waals surface area (Å²) >= 11 is 0. The highest BCUT2D eigenvalue weighted by Crippen LogP contribution is 2.36. The van der Waals surface area contributed by atoms with Gasteiger partial charge in [-0.2, -0.15) is 0 Å². The molecule has 0 bridgehead atoms. The SMILES string of the molecule is CCC(CCC(C)(C)OC)(CNC1CC1)c1ccccc1. The summed E-state index contributed by atoms with van der Waals surface area (Å²) < 4.78 is 5.63. The minimum Gasteiger partial charge on any atom is -0.379 e. The molecule has 0 amide bonds. The second-order valence-corrected chi connectivity index (χ2v) is 7.12. The summed E-state index contributed by atoms with van der Waals surface area (Å²) in [6, 6.07) is 11.8. The number of methoxy groups -OCH3 is 1. The first-order chi connectivity index (χ1) is 10.0. The summed E-state index contributed by atoms with van der Waals surface area (Å²) in [6.07, 6.45) is 6.10. The average molecular weight is 289 g/mol. The van der Waals surface area contributed by atoms with Crippen molar-refractivity contribution in [1.29, 1.82) is 0 Å². The maximum absolute atomic E-state index is 5.63. The van der Waals surface area contributed by atoms with Gasteiger partial charge in [-0.3, -0.25) is 0 Å². The zero-order valence-corrected chi connectivity index (χ0v) is 14.1. The van der Waals surface area contributed by atoms with Gasteiger partial charge in [0.25, 0.3) is 0 Å². The minimum atomic E-state index is -0.0468. The highest BCUT2D eigenvalue weighted by Gasteiger charge is 2.34. The number of ether oxygens (including phenoxy) is 1. The quantitative estimate of drug-likeness (QED) is 0.732. The number of hydrogen-bond acceptors (Lipinski definition) is 2. The minimum absolute atomic E-state index is 0.0468. The second kappa shape index (κ2) is 6.93. The Bertz CT molecular complexity index is 424. The molecule has 1 saturated carbocycles. The summed E-state index contributed by atoms with van der Waals surface area (Å²) in [4.78, 5) is 0. The van der Waals surface area contributed by atoms with Crippen molar-refractivity contribution >= 4 is 0 Å². The van der Waals surface area contributed by atoms with Crippen molar-refractivity contribution in [2.45, 2.75) is 69.9 Å². The first-order valence-electron chi connectivity index (χ1n) is 8.35. The molecule has 0 spiro atoms. The second-order valence-electron chi connectivity index (χ2n) is 7.12. The molecule has 0 saturated heterocycles. The molecule has 0 heterocycles. The summed E-state index contributed by atoms with van der Waals surface area (Å²) in [6.45, 7) is 7.78. The van der Waals surface area contributed by atoms with Crippen molar-refractivity contribution in [2.75, 3.05) is 13.7 Å². The van der Waals surface area contributed by atoms with Crippen LogP contribution in [0.15, 0.2) is 30.3 Å². The molecule has 2 heteroatoms. The maximum Gasteiger partial charge on any atom is 0.0623 e. The van der Waals surface area contributed by atoms with Crippen LogP contribution < -0.4 is 5.32 Å². The summed E-state index contributed by atoms with van der Waals surface area (Å²) in [7, 11) is 1.82. The number of nitrogens with one attached hydrogen (secondary N) is 1. The van der Waals surface area contributed by atoms with Crippen molar-refractivity contribution in [1.82, 2.24) is 5.32 Å². The van der Waals surface area contributed by atoms with E-state index < -0.39 is 0 Å². The van der Waals surface area contributed by atoms with Gasteiger partial charge in [0.05, 0.1) is 5.60 Å². The van der Waals surface area contributed by atoms with Gasteiger partial charge in [0, 0.05) is 25.1 Å². The normalized spacial score (nSPS) is 18.5. The van der Waals surface area contributed by atoms with Crippen LogP contribution in [0.3, 0.4) is 0 Å². The Balaban J connectivity index is 2.14. The molecule has 21 heavy (non-hydrogen) atoms. The summed E-state index contributed by atoms with van der Waals surface area (Å²) in [5.74, 6) is 0. The first-order valence-corrected chi connectivity index (χ1v) is 8.35. The van der Waals surface area contributed by atoms with E-state index in [4.69, 9.17) is 4.74 Å². The zero-order valence-electron chi connectivity index (χ0n) is 14.1. The lowest BCUT2D eigenvalue weighted by atomic mass is 9.72. The monoisotopic (exact) mass is 289 g/mol. The third kappa shape index (κ3) is 4.55. The Morgan fingerprint density at radius 3 is 2.33 bits per heavy atom. The highest BCUT2D eigenvalue weighted by molar-refractivity contribution is 5.26. The van der Waals surface area contributed by atoms with Gasteiger partial charge < -0.3 is 10.1 Å². The van der Waals surface area contributed by atoms with Gasteiger partial charge in [-0.15, -0.1) is 0 Å². The van der Waals surface area contributed by atoms with Crippen molar-refractivity contribution < 1.29 is 4.74 Å². The van der Waals surface area contributed by atoms with Crippen molar-refractivity contribution in [2.24, 2.45) is 0 Å². The molecule has 0 aliphatic heterocycles. The fourth-order valence-electron chi connectivity index (χ4n) is 2.90. The van der Waals surface area contributed by atoms with Crippen molar-refractivity contribution in [3.63, 3.8) is 0 Å². The topological polar surface area (TPSA) is 21.3 Å². The van der Waals surface area contributed by atoms with Crippen molar-refractivity contribution in [3.8, 4) is 0 Å². The molecule has 118 valence electrons. The Hall–Kier alpha value is -0.860. The maximum atomic E-state index is 5.63. The molecule has 1 fully saturated rings. The molecule has 1 aromatic carbocycles.